The van der Waals surface area contributed by atoms with E-state index in [9.17, 15) is 9.18 Å². The first-order chi connectivity index (χ1) is 7.66. The molecule has 0 aromatic heterocycles. The summed E-state index contributed by atoms with van der Waals surface area (Å²) in [6.07, 6.45) is 4.81. The molecule has 0 aromatic rings. The van der Waals surface area contributed by atoms with E-state index in [0.717, 1.165) is 19.3 Å². The van der Waals surface area contributed by atoms with E-state index in [1.807, 2.05) is 0 Å². The zero-order valence-corrected chi connectivity index (χ0v) is 9.49. The quantitative estimate of drug-likeness (QED) is 0.545. The summed E-state index contributed by atoms with van der Waals surface area (Å²) in [5.74, 6) is -2.02. The lowest BCUT2D eigenvalue weighted by Crippen LogP contribution is -2.47. The van der Waals surface area contributed by atoms with Crippen molar-refractivity contribution in [1.82, 2.24) is 5.01 Å². The van der Waals surface area contributed by atoms with Crippen molar-refractivity contribution < 1.29 is 13.9 Å². The zero-order valence-electron chi connectivity index (χ0n) is 9.49. The van der Waals surface area contributed by atoms with Gasteiger partial charge >= 0.3 is 5.97 Å². The molecule has 1 fully saturated rings. The van der Waals surface area contributed by atoms with Gasteiger partial charge < -0.3 is 4.74 Å². The molecule has 5 heteroatoms. The Balaban J connectivity index is 2.00. The summed E-state index contributed by atoms with van der Waals surface area (Å²) < 4.78 is 19.4. The van der Waals surface area contributed by atoms with Crippen molar-refractivity contribution in [2.24, 2.45) is 11.0 Å². The van der Waals surface area contributed by atoms with Gasteiger partial charge in [0.1, 0.15) is 6.54 Å². The number of alkyl halides is 1. The Morgan fingerprint density at radius 1 is 1.69 bits per heavy atom. The SMILES string of the molecule is CCOC(=O)CN1N=CC2CCCCC21F. The molecule has 4 nitrogen and oxygen atoms in total. The number of halogens is 1. The van der Waals surface area contributed by atoms with Crippen LogP contribution in [0.3, 0.4) is 0 Å². The van der Waals surface area contributed by atoms with Gasteiger partial charge in [-0.05, 0) is 19.8 Å². The molecule has 0 radical (unpaired) electrons. The molecule has 16 heavy (non-hydrogen) atoms. The minimum absolute atomic E-state index is 0.0860. The second-order valence-corrected chi connectivity index (χ2v) is 4.30. The molecule has 2 unspecified atom stereocenters. The molecule has 0 aromatic carbocycles. The molecule has 90 valence electrons. The van der Waals surface area contributed by atoms with E-state index in [4.69, 9.17) is 4.74 Å². The topological polar surface area (TPSA) is 41.9 Å². The van der Waals surface area contributed by atoms with E-state index in [0.29, 0.717) is 13.0 Å². The van der Waals surface area contributed by atoms with Gasteiger partial charge in [-0.3, -0.25) is 4.79 Å². The molecule has 0 bridgehead atoms. The summed E-state index contributed by atoms with van der Waals surface area (Å²) in [5.41, 5.74) is 0. The van der Waals surface area contributed by atoms with Crippen molar-refractivity contribution in [3.63, 3.8) is 0 Å². The van der Waals surface area contributed by atoms with Crippen LogP contribution in [0, 0.1) is 5.92 Å². The first-order valence-electron chi connectivity index (χ1n) is 5.83. The molecule has 0 saturated heterocycles. The van der Waals surface area contributed by atoms with Crippen LogP contribution in [0.5, 0.6) is 0 Å². The maximum Gasteiger partial charge on any atom is 0.327 e. The van der Waals surface area contributed by atoms with Crippen molar-refractivity contribution in [2.75, 3.05) is 13.2 Å². The summed E-state index contributed by atoms with van der Waals surface area (Å²) in [4.78, 5) is 11.3. The second kappa shape index (κ2) is 4.39. The maximum absolute atomic E-state index is 14.6. The molecule has 1 aliphatic carbocycles. The van der Waals surface area contributed by atoms with Gasteiger partial charge in [0, 0.05) is 12.6 Å². The molecule has 1 heterocycles. The predicted molar refractivity (Wildman–Crippen MR) is 57.6 cm³/mol. The standard InChI is InChI=1S/C11H17FN2O2/c1-2-16-10(15)8-14-11(12)6-4-3-5-9(11)7-13-14/h7,9H,2-6,8H2,1H3. The molecular formula is C11H17FN2O2. The van der Waals surface area contributed by atoms with Crippen LogP contribution >= 0.6 is 0 Å². The number of hydrazone groups is 1. The summed E-state index contributed by atoms with van der Waals surface area (Å²) in [5, 5.41) is 5.27. The molecule has 1 aliphatic heterocycles. The van der Waals surface area contributed by atoms with Gasteiger partial charge in [0.05, 0.1) is 12.5 Å². The summed E-state index contributed by atoms with van der Waals surface area (Å²) in [7, 11) is 0. The zero-order chi connectivity index (χ0) is 11.6. The molecule has 0 N–H and O–H groups in total. The van der Waals surface area contributed by atoms with Crippen LogP contribution in [0.2, 0.25) is 0 Å². The number of carbonyl (C=O) groups excluding carboxylic acids is 1. The van der Waals surface area contributed by atoms with Gasteiger partial charge in [-0.25, -0.2) is 9.40 Å². The number of hydrogen-bond donors (Lipinski definition) is 0. The van der Waals surface area contributed by atoms with Crippen molar-refractivity contribution in [1.29, 1.82) is 0 Å². The fraction of sp³-hybridized carbons (Fsp3) is 0.818. The van der Waals surface area contributed by atoms with Crippen molar-refractivity contribution >= 4 is 12.2 Å². The highest BCUT2D eigenvalue weighted by atomic mass is 19.1. The monoisotopic (exact) mass is 228 g/mol. The Morgan fingerprint density at radius 2 is 2.50 bits per heavy atom. The van der Waals surface area contributed by atoms with Gasteiger partial charge in [-0.2, -0.15) is 5.10 Å². The Hall–Kier alpha value is -1.13. The average Bonchev–Trinajstić information content (AvgIpc) is 2.57. The van der Waals surface area contributed by atoms with Gasteiger partial charge in [-0.1, -0.05) is 6.42 Å². The van der Waals surface area contributed by atoms with E-state index in [-0.39, 0.29) is 12.5 Å². The van der Waals surface area contributed by atoms with E-state index in [1.165, 1.54) is 5.01 Å². The Morgan fingerprint density at radius 3 is 3.25 bits per heavy atom. The van der Waals surface area contributed by atoms with Crippen LogP contribution in [-0.2, 0) is 9.53 Å². The molecule has 2 atom stereocenters. The minimum atomic E-state index is -1.45. The van der Waals surface area contributed by atoms with Crippen LogP contribution in [0.4, 0.5) is 4.39 Å². The van der Waals surface area contributed by atoms with Crippen LogP contribution < -0.4 is 0 Å². The third kappa shape index (κ3) is 1.90. The van der Waals surface area contributed by atoms with Crippen LogP contribution in [0.1, 0.15) is 32.6 Å². The first-order valence-corrected chi connectivity index (χ1v) is 5.83. The molecule has 1 saturated carbocycles. The van der Waals surface area contributed by atoms with E-state index in [1.54, 1.807) is 13.1 Å². The van der Waals surface area contributed by atoms with Crippen molar-refractivity contribution in [3.05, 3.63) is 0 Å². The number of esters is 1. The number of ether oxygens (including phenoxy) is 1. The van der Waals surface area contributed by atoms with Crippen molar-refractivity contribution in [2.45, 2.75) is 38.4 Å². The minimum Gasteiger partial charge on any atom is -0.465 e. The molecule has 2 rings (SSSR count). The van der Waals surface area contributed by atoms with E-state index in [2.05, 4.69) is 5.10 Å². The van der Waals surface area contributed by atoms with Crippen LogP contribution in [-0.4, -0.2) is 36.1 Å². The van der Waals surface area contributed by atoms with E-state index < -0.39 is 11.8 Å². The molecule has 2 aliphatic rings. The lowest BCUT2D eigenvalue weighted by atomic mass is 9.83. The number of hydrogen-bond acceptors (Lipinski definition) is 4. The molecular weight excluding hydrogens is 211 g/mol. The summed E-state index contributed by atoms with van der Waals surface area (Å²) in [6, 6.07) is 0. The van der Waals surface area contributed by atoms with Gasteiger partial charge in [0.2, 0.25) is 5.79 Å². The summed E-state index contributed by atoms with van der Waals surface area (Å²) >= 11 is 0. The average molecular weight is 228 g/mol. The smallest absolute Gasteiger partial charge is 0.327 e. The third-order valence-electron chi connectivity index (χ3n) is 3.26. The molecule has 0 spiro atoms. The van der Waals surface area contributed by atoms with Crippen LogP contribution in [0.25, 0.3) is 0 Å². The fourth-order valence-electron chi connectivity index (χ4n) is 2.41. The lowest BCUT2D eigenvalue weighted by Gasteiger charge is -2.36. The lowest BCUT2D eigenvalue weighted by molar-refractivity contribution is -0.151. The molecule has 0 amide bonds. The highest BCUT2D eigenvalue weighted by Gasteiger charge is 2.49. The Bertz CT molecular complexity index is 308. The third-order valence-corrected chi connectivity index (χ3v) is 3.26. The normalized spacial score (nSPS) is 32.6. The Labute approximate surface area is 94.4 Å². The highest BCUT2D eigenvalue weighted by molar-refractivity contribution is 5.73. The largest absolute Gasteiger partial charge is 0.465 e. The predicted octanol–water partition coefficient (Wildman–Crippen LogP) is 1.71. The number of nitrogens with zero attached hydrogens (tertiary/aromatic N) is 2. The Kier molecular flexibility index (Phi) is 3.12. The number of carbonyl (C=O) groups is 1. The fourth-order valence-corrected chi connectivity index (χ4v) is 2.41. The number of rotatable bonds is 3. The van der Waals surface area contributed by atoms with E-state index >= 15 is 0 Å². The van der Waals surface area contributed by atoms with Gasteiger partial charge in [-0.15, -0.1) is 0 Å². The van der Waals surface area contributed by atoms with Gasteiger partial charge in [0.25, 0.3) is 0 Å². The second-order valence-electron chi connectivity index (χ2n) is 4.30. The van der Waals surface area contributed by atoms with Gasteiger partial charge in [0.15, 0.2) is 0 Å². The first kappa shape index (κ1) is 11.4. The summed E-state index contributed by atoms with van der Waals surface area (Å²) in [6.45, 7) is 1.97. The number of fused-ring (bicyclic) bond motifs is 1. The highest BCUT2D eigenvalue weighted by Crippen LogP contribution is 2.42. The maximum atomic E-state index is 14.6. The van der Waals surface area contributed by atoms with Crippen LogP contribution in [0.15, 0.2) is 5.10 Å². The van der Waals surface area contributed by atoms with Crippen molar-refractivity contribution in [3.8, 4) is 0 Å².